The normalized spacial score (nSPS) is 15.2. The van der Waals surface area contributed by atoms with E-state index in [1.54, 1.807) is 12.0 Å². The molecule has 6 heteroatoms. The molecule has 1 aliphatic heterocycles. The molecule has 5 rings (SSSR count). The number of amides is 1. The quantitative estimate of drug-likeness (QED) is 0.434. The number of benzene rings is 3. The van der Waals surface area contributed by atoms with Crippen LogP contribution in [-0.4, -0.2) is 24.5 Å². The summed E-state index contributed by atoms with van der Waals surface area (Å²) < 4.78 is 25.0. The number of nitrogens with zero attached hydrogens (tertiary/aromatic N) is 1. The van der Waals surface area contributed by atoms with Gasteiger partial charge in [0.05, 0.1) is 24.1 Å². The molecule has 5 nitrogen and oxygen atoms in total. The highest BCUT2D eigenvalue weighted by atomic mass is 19.1. The van der Waals surface area contributed by atoms with Crippen LogP contribution in [0.2, 0.25) is 0 Å². The molecule has 33 heavy (non-hydrogen) atoms. The molecule has 0 radical (unpaired) electrons. The number of fused-ring (bicyclic) bond motifs is 2. The molecule has 0 N–H and O–H groups in total. The first-order valence-corrected chi connectivity index (χ1v) is 10.7. The summed E-state index contributed by atoms with van der Waals surface area (Å²) in [6.45, 7) is 2.36. The topological polar surface area (TPSA) is 59.8 Å². The molecule has 0 unspecified atom stereocenters. The van der Waals surface area contributed by atoms with Crippen molar-refractivity contribution in [2.75, 3.05) is 13.7 Å². The van der Waals surface area contributed by atoms with E-state index in [2.05, 4.69) is 0 Å². The SMILES string of the molecule is COc1ccc(CCN2C(=O)c3oc4ccc(F)cc4c(=O)c3[C@@H]2c2ccc(C)cc2)cc1. The summed E-state index contributed by atoms with van der Waals surface area (Å²) in [5, 5.41) is 0.135. The van der Waals surface area contributed by atoms with Gasteiger partial charge >= 0.3 is 0 Å². The third-order valence-electron chi connectivity index (χ3n) is 6.12. The van der Waals surface area contributed by atoms with Crippen molar-refractivity contribution in [3.8, 4) is 5.75 Å². The van der Waals surface area contributed by atoms with Crippen molar-refractivity contribution >= 4 is 16.9 Å². The van der Waals surface area contributed by atoms with Gasteiger partial charge in [0.2, 0.25) is 5.76 Å². The van der Waals surface area contributed by atoms with Gasteiger partial charge in [-0.05, 0) is 54.8 Å². The van der Waals surface area contributed by atoms with Crippen LogP contribution in [0.3, 0.4) is 0 Å². The lowest BCUT2D eigenvalue weighted by Gasteiger charge is -2.25. The molecule has 166 valence electrons. The monoisotopic (exact) mass is 443 g/mol. The Morgan fingerprint density at radius 1 is 1.00 bits per heavy atom. The van der Waals surface area contributed by atoms with Gasteiger partial charge in [-0.25, -0.2) is 4.39 Å². The Balaban J connectivity index is 1.60. The molecular formula is C27H22FNO4. The van der Waals surface area contributed by atoms with Crippen molar-refractivity contribution < 1.29 is 18.3 Å². The number of hydrogen-bond acceptors (Lipinski definition) is 4. The van der Waals surface area contributed by atoms with Crippen LogP contribution in [0.5, 0.6) is 5.75 Å². The van der Waals surface area contributed by atoms with Crippen molar-refractivity contribution in [1.29, 1.82) is 0 Å². The van der Waals surface area contributed by atoms with E-state index in [0.717, 1.165) is 28.5 Å². The summed E-state index contributed by atoms with van der Waals surface area (Å²) in [5.41, 5.74) is 3.00. The first kappa shape index (κ1) is 20.9. The lowest BCUT2D eigenvalue weighted by molar-refractivity contribution is 0.0730. The van der Waals surface area contributed by atoms with Crippen LogP contribution in [0, 0.1) is 12.7 Å². The van der Waals surface area contributed by atoms with E-state index in [0.29, 0.717) is 13.0 Å². The van der Waals surface area contributed by atoms with Crippen LogP contribution >= 0.6 is 0 Å². The Kier molecular flexibility index (Phi) is 5.21. The molecule has 1 atom stereocenters. The Labute approximate surface area is 190 Å². The summed E-state index contributed by atoms with van der Waals surface area (Å²) >= 11 is 0. The van der Waals surface area contributed by atoms with E-state index >= 15 is 0 Å². The first-order valence-electron chi connectivity index (χ1n) is 10.7. The van der Waals surface area contributed by atoms with Crippen molar-refractivity contribution in [2.45, 2.75) is 19.4 Å². The average molecular weight is 443 g/mol. The van der Waals surface area contributed by atoms with Gasteiger partial charge in [-0.3, -0.25) is 9.59 Å². The molecule has 0 saturated carbocycles. The second-order valence-corrected chi connectivity index (χ2v) is 8.22. The predicted molar refractivity (Wildman–Crippen MR) is 123 cm³/mol. The maximum absolute atomic E-state index is 13.9. The Morgan fingerprint density at radius 2 is 1.73 bits per heavy atom. The lowest BCUT2D eigenvalue weighted by Crippen LogP contribution is -2.31. The smallest absolute Gasteiger partial charge is 0.290 e. The molecule has 2 heterocycles. The molecule has 1 aliphatic rings. The van der Waals surface area contributed by atoms with Crippen LogP contribution in [0.4, 0.5) is 4.39 Å². The summed E-state index contributed by atoms with van der Waals surface area (Å²) in [6, 6.07) is 18.5. The Morgan fingerprint density at radius 3 is 2.42 bits per heavy atom. The van der Waals surface area contributed by atoms with E-state index in [1.165, 1.54) is 12.1 Å². The number of halogens is 1. The average Bonchev–Trinajstić information content (AvgIpc) is 3.11. The van der Waals surface area contributed by atoms with E-state index in [9.17, 15) is 14.0 Å². The molecule has 1 aromatic heterocycles. The van der Waals surface area contributed by atoms with Gasteiger partial charge in [-0.2, -0.15) is 0 Å². The zero-order chi connectivity index (χ0) is 23.1. The fourth-order valence-corrected chi connectivity index (χ4v) is 4.36. The van der Waals surface area contributed by atoms with Crippen LogP contribution in [0.15, 0.2) is 75.9 Å². The highest BCUT2D eigenvalue weighted by Crippen LogP contribution is 2.38. The van der Waals surface area contributed by atoms with Gasteiger partial charge in [0.25, 0.3) is 5.91 Å². The van der Waals surface area contributed by atoms with Gasteiger partial charge < -0.3 is 14.1 Å². The molecule has 0 bridgehead atoms. The van der Waals surface area contributed by atoms with E-state index in [1.807, 2.05) is 55.5 Å². The number of rotatable bonds is 5. The standard InChI is InChI=1S/C27H22FNO4/c1-16-3-7-18(8-4-16)24-23-25(30)21-15-19(28)9-12-22(21)33-26(23)27(31)29(24)14-13-17-5-10-20(32-2)11-6-17/h3-12,15,24H,13-14H2,1-2H3/t24-/m0/s1. The predicted octanol–water partition coefficient (Wildman–Crippen LogP) is 5.04. The van der Waals surface area contributed by atoms with E-state index < -0.39 is 11.9 Å². The number of aryl methyl sites for hydroxylation is 1. The number of hydrogen-bond donors (Lipinski definition) is 0. The van der Waals surface area contributed by atoms with Crippen molar-refractivity contribution in [3.05, 3.63) is 111 Å². The van der Waals surface area contributed by atoms with Crippen molar-refractivity contribution in [2.24, 2.45) is 0 Å². The molecular weight excluding hydrogens is 421 g/mol. The van der Waals surface area contributed by atoms with E-state index in [-0.39, 0.29) is 33.6 Å². The summed E-state index contributed by atoms with van der Waals surface area (Å²) in [5.74, 6) is -0.0798. The molecule has 0 aliphatic carbocycles. The number of methoxy groups -OCH3 is 1. The zero-order valence-corrected chi connectivity index (χ0v) is 18.3. The van der Waals surface area contributed by atoms with Gasteiger partial charge in [-0.1, -0.05) is 42.0 Å². The largest absolute Gasteiger partial charge is 0.497 e. The molecule has 3 aromatic carbocycles. The lowest BCUT2D eigenvalue weighted by atomic mass is 9.97. The first-order chi connectivity index (χ1) is 16.0. The van der Waals surface area contributed by atoms with Crippen LogP contribution < -0.4 is 10.2 Å². The van der Waals surface area contributed by atoms with Gasteiger partial charge in [0, 0.05) is 6.54 Å². The third kappa shape index (κ3) is 3.67. The fraction of sp³-hybridized carbons (Fsp3) is 0.185. The van der Waals surface area contributed by atoms with Gasteiger partial charge in [0.15, 0.2) is 5.43 Å². The minimum absolute atomic E-state index is 0.0272. The van der Waals surface area contributed by atoms with Crippen molar-refractivity contribution in [1.82, 2.24) is 4.90 Å². The van der Waals surface area contributed by atoms with Gasteiger partial charge in [-0.15, -0.1) is 0 Å². The Bertz CT molecular complexity index is 1410. The molecule has 1 amide bonds. The summed E-state index contributed by atoms with van der Waals surface area (Å²) in [4.78, 5) is 28.5. The number of carbonyl (C=O) groups excluding carboxylic acids is 1. The van der Waals surface area contributed by atoms with Crippen LogP contribution in [-0.2, 0) is 6.42 Å². The number of ether oxygens (including phenoxy) is 1. The second kappa shape index (κ2) is 8.20. The fourth-order valence-electron chi connectivity index (χ4n) is 4.36. The second-order valence-electron chi connectivity index (χ2n) is 8.22. The molecule has 0 fully saturated rings. The van der Waals surface area contributed by atoms with Crippen LogP contribution in [0.1, 0.15) is 38.9 Å². The molecule has 0 spiro atoms. The minimum Gasteiger partial charge on any atom is -0.497 e. The van der Waals surface area contributed by atoms with Crippen molar-refractivity contribution in [3.63, 3.8) is 0 Å². The molecule has 0 saturated heterocycles. The van der Waals surface area contributed by atoms with Crippen LogP contribution in [0.25, 0.3) is 11.0 Å². The third-order valence-corrected chi connectivity index (χ3v) is 6.12. The zero-order valence-electron chi connectivity index (χ0n) is 18.3. The highest BCUT2D eigenvalue weighted by molar-refractivity contribution is 5.99. The minimum atomic E-state index is -0.602. The van der Waals surface area contributed by atoms with Gasteiger partial charge in [0.1, 0.15) is 17.1 Å². The molecule has 4 aromatic rings. The maximum Gasteiger partial charge on any atom is 0.290 e. The highest BCUT2D eigenvalue weighted by Gasteiger charge is 2.42. The Hall–Kier alpha value is -3.93. The number of carbonyl (C=O) groups is 1. The maximum atomic E-state index is 13.9. The summed E-state index contributed by atoms with van der Waals surface area (Å²) in [7, 11) is 1.61. The van der Waals surface area contributed by atoms with E-state index in [4.69, 9.17) is 9.15 Å². The summed E-state index contributed by atoms with van der Waals surface area (Å²) in [6.07, 6.45) is 0.592.